The molecule has 0 aliphatic rings. The molecule has 0 aliphatic carbocycles. The van der Waals surface area contributed by atoms with Gasteiger partial charge in [0.1, 0.15) is 28.3 Å². The first-order valence-electron chi connectivity index (χ1n) is 45.1. The van der Waals surface area contributed by atoms with E-state index < -0.39 is 12.0 Å². The van der Waals surface area contributed by atoms with E-state index in [4.69, 9.17) is 22.7 Å². The number of aromatic amines is 5. The summed E-state index contributed by atoms with van der Waals surface area (Å²) in [5, 5.41) is 70.4. The molecule has 11 N–H and O–H groups in total. The first kappa shape index (κ1) is 93.3. The molecule has 0 spiro atoms. The number of methoxy groups -OCH3 is 2. The number of ether oxygens (including phenoxy) is 2. The Kier molecular flexibility index (Phi) is 27.9. The van der Waals surface area contributed by atoms with Gasteiger partial charge in [0, 0.05) is 119 Å². The number of ketones is 3. The Balaban J connectivity index is 0.000000117. The average molecular weight is 1880 g/mol. The van der Waals surface area contributed by atoms with Crippen molar-refractivity contribution in [1.29, 1.82) is 0 Å². The molecular formula is C112H90N16O14. The SMILES string of the molecule is CC(=O)CCC(=O)Nc1ccc2[nH]nc(-c3ccc4ccccc4c3)c2c1.CC(=O)c1ccc(-c2n[nH]c3ccc(NC(=O)Cc4ccccn4)cc23)cc1.COc1ccc(CC(=O)Nc2ccc3[nH]nc(-c4ccc(C(C)=O)cc4)c3c2)cc1OC.O=C(Nc1ccc2[nH]nc(-c3cc4ccccc4o3)c2c1)C(O)c1ccccc1.O=C(Nc1ccc2[nH]nc(-c3cc4ccccc4o3)c2c1)c1ccco1. The van der Waals surface area contributed by atoms with E-state index in [9.17, 15) is 43.5 Å². The molecule has 0 saturated carbocycles. The minimum absolute atomic E-state index is 0.00836. The minimum Gasteiger partial charge on any atom is -0.493 e. The van der Waals surface area contributed by atoms with Crippen molar-refractivity contribution in [3.8, 4) is 68.2 Å². The molecule has 9 heterocycles. The van der Waals surface area contributed by atoms with Crippen molar-refractivity contribution in [1.82, 2.24) is 56.0 Å². The molecule has 1 atom stereocenters. The highest BCUT2D eigenvalue weighted by Crippen LogP contribution is 2.39. The second-order valence-corrected chi connectivity index (χ2v) is 33.2. The highest BCUT2D eigenvalue weighted by Gasteiger charge is 2.23. The number of aromatic nitrogens is 11. The van der Waals surface area contributed by atoms with Gasteiger partial charge < -0.3 is 59.2 Å². The number of nitrogens with zero attached hydrogens (tertiary/aromatic N) is 6. The molecule has 22 rings (SSSR count). The number of aliphatic hydroxyl groups is 1. The Morgan fingerprint density at radius 1 is 0.359 bits per heavy atom. The zero-order chi connectivity index (χ0) is 98.3. The maximum atomic E-state index is 12.6. The predicted octanol–water partition coefficient (Wildman–Crippen LogP) is 22.8. The van der Waals surface area contributed by atoms with Crippen molar-refractivity contribution in [3.63, 3.8) is 0 Å². The second kappa shape index (κ2) is 42.4. The number of furan rings is 3. The number of Topliss-reactive ketones (excluding diaryl/α,β-unsaturated/α-hetero) is 3. The van der Waals surface area contributed by atoms with E-state index in [0.29, 0.717) is 79.5 Å². The number of hydrogen-bond acceptors (Lipinski definition) is 20. The number of fused-ring (bicyclic) bond motifs is 8. The third kappa shape index (κ3) is 21.9. The number of rotatable bonds is 24. The molecule has 0 bridgehead atoms. The molecule has 22 aromatic rings. The van der Waals surface area contributed by atoms with E-state index in [1.165, 1.54) is 25.5 Å². The van der Waals surface area contributed by atoms with Gasteiger partial charge in [0.25, 0.3) is 11.8 Å². The van der Waals surface area contributed by atoms with Crippen molar-refractivity contribution in [3.05, 3.63) is 368 Å². The molecule has 702 valence electrons. The van der Waals surface area contributed by atoms with Gasteiger partial charge in [-0.25, -0.2) is 0 Å². The summed E-state index contributed by atoms with van der Waals surface area (Å²) in [6.07, 6.45) is 2.74. The van der Waals surface area contributed by atoms with E-state index >= 15 is 0 Å². The van der Waals surface area contributed by atoms with Gasteiger partial charge in [-0.3, -0.25) is 64.0 Å². The number of para-hydroxylation sites is 2. The molecule has 1 unspecified atom stereocenters. The smallest absolute Gasteiger partial charge is 0.291 e. The summed E-state index contributed by atoms with van der Waals surface area (Å²) in [6.45, 7) is 4.56. The van der Waals surface area contributed by atoms with Crippen LogP contribution in [0, 0.1) is 0 Å². The van der Waals surface area contributed by atoms with Gasteiger partial charge in [-0.2, -0.15) is 25.5 Å². The first-order valence-corrected chi connectivity index (χ1v) is 45.1. The summed E-state index contributed by atoms with van der Waals surface area (Å²) in [6, 6.07) is 99.3. The number of H-pyrrole nitrogens is 5. The third-order valence-corrected chi connectivity index (χ3v) is 23.4. The normalized spacial score (nSPS) is 11.2. The van der Waals surface area contributed by atoms with Gasteiger partial charge >= 0.3 is 0 Å². The Hall–Kier alpha value is -19.1. The number of carbonyl (C=O) groups excluding carboxylic acids is 8. The van der Waals surface area contributed by atoms with Gasteiger partial charge in [0.15, 0.2) is 46.5 Å². The molecule has 0 aliphatic heterocycles. The van der Waals surface area contributed by atoms with Crippen LogP contribution in [0.15, 0.2) is 347 Å². The lowest BCUT2D eigenvalue weighted by Gasteiger charge is -2.11. The molecule has 30 heteroatoms. The van der Waals surface area contributed by atoms with E-state index in [1.807, 2.05) is 212 Å². The molecule has 0 radical (unpaired) electrons. The van der Waals surface area contributed by atoms with Crippen LogP contribution in [0.1, 0.15) is 87.8 Å². The van der Waals surface area contributed by atoms with E-state index in [0.717, 1.165) is 127 Å². The summed E-state index contributed by atoms with van der Waals surface area (Å²) < 4.78 is 27.5. The number of nitrogens with one attached hydrogen (secondary N) is 10. The van der Waals surface area contributed by atoms with E-state index in [1.54, 1.807) is 106 Å². The second-order valence-electron chi connectivity index (χ2n) is 33.2. The highest BCUT2D eigenvalue weighted by atomic mass is 16.5. The van der Waals surface area contributed by atoms with Crippen LogP contribution in [0.3, 0.4) is 0 Å². The van der Waals surface area contributed by atoms with Crippen LogP contribution < -0.4 is 36.1 Å². The van der Waals surface area contributed by atoms with Crippen LogP contribution in [0.2, 0.25) is 0 Å². The fourth-order valence-electron chi connectivity index (χ4n) is 16.1. The maximum Gasteiger partial charge on any atom is 0.291 e. The number of carbonyl (C=O) groups is 8. The fraction of sp³-hybridized carbons (Fsp3) is 0.0893. The summed E-state index contributed by atoms with van der Waals surface area (Å²) in [5.41, 5.74) is 19.1. The monoisotopic (exact) mass is 1880 g/mol. The van der Waals surface area contributed by atoms with Gasteiger partial charge in [-0.15, -0.1) is 0 Å². The van der Waals surface area contributed by atoms with Crippen molar-refractivity contribution in [2.24, 2.45) is 0 Å². The standard InChI is InChI=1S/C25H23N3O4.C23H17N3O3.C22H18N4O2.C22H19N3O2.C20H13N3O3/c1-15(29)17-5-7-18(8-6-17)25-20-14-19(9-10-21(20)27-28-25)26-24(30)13-16-4-11-22(31-2)23(12-16)32-3;27-22(14-6-2-1-3-7-14)23(28)24-16-10-11-18-17(13-16)21(26-25-18)20-12-15-8-4-5-9-19(15)29-20;1-14(27)15-5-7-16(8-6-15)22-19-12-18(9-10-20(19)25-26-22)24-21(28)13-17-4-2-3-11-23-17;1-14(26)6-11-21(27)23-18-9-10-20-19(13-18)22(25-24-20)17-8-7-15-4-2-3-5-16(15)12-17;24-20(17-6-3-9-25-17)21-13-7-8-15-14(11-13)19(23-22-15)18-10-12-4-1-2-5-16(12)26-18/h4-12,14H,13H2,1-3H3,(H,26,30)(H,27,28);1-13,22,27H,(H,24,28)(H,25,26);2-12H,13H2,1H3,(H,24,28)(H,25,26);2-5,7-10,12-13H,6,11H2,1H3,(H,23,27)(H,24,25);1-11H,(H,21,24)(H,22,23). The minimum atomic E-state index is -1.24. The molecule has 30 nitrogen and oxygen atoms in total. The Bertz CT molecular complexity index is 8360. The molecule has 5 amide bonds. The largest absolute Gasteiger partial charge is 0.493 e. The van der Waals surface area contributed by atoms with E-state index in [2.05, 4.69) is 113 Å². The molecule has 9 aromatic heterocycles. The van der Waals surface area contributed by atoms with Gasteiger partial charge in [-0.05, 0) is 200 Å². The topological polar surface area (TPSA) is 431 Å². The quantitative estimate of drug-likeness (QED) is 0.0250. The lowest BCUT2D eigenvalue weighted by atomic mass is 10.0. The summed E-state index contributed by atoms with van der Waals surface area (Å²) in [5.74, 6) is 1.58. The number of amides is 5. The molecular weight excluding hydrogens is 1790 g/mol. The molecule has 13 aromatic carbocycles. The molecule has 0 fully saturated rings. The van der Waals surface area contributed by atoms with Gasteiger partial charge in [0.2, 0.25) is 17.7 Å². The van der Waals surface area contributed by atoms with Crippen LogP contribution in [0.25, 0.3) is 144 Å². The Morgan fingerprint density at radius 3 is 1.25 bits per heavy atom. The highest BCUT2D eigenvalue weighted by molar-refractivity contribution is 6.08. The number of anilines is 5. The van der Waals surface area contributed by atoms with Crippen molar-refractivity contribution in [2.45, 2.75) is 52.6 Å². The average Bonchev–Trinajstić information content (AvgIpc) is 1.62. The zero-order valence-corrected chi connectivity index (χ0v) is 77.1. The van der Waals surface area contributed by atoms with Crippen LogP contribution in [0.4, 0.5) is 28.4 Å². The molecule has 142 heavy (non-hydrogen) atoms. The summed E-state index contributed by atoms with van der Waals surface area (Å²) in [4.78, 5) is 99.8. The Morgan fingerprint density at radius 2 is 0.789 bits per heavy atom. The lowest BCUT2D eigenvalue weighted by Crippen LogP contribution is -2.20. The zero-order valence-electron chi connectivity index (χ0n) is 77.1. The number of hydrogen-bond donors (Lipinski definition) is 11. The lowest BCUT2D eigenvalue weighted by molar-refractivity contribution is -0.124. The van der Waals surface area contributed by atoms with Crippen LogP contribution in [-0.4, -0.2) is 122 Å². The summed E-state index contributed by atoms with van der Waals surface area (Å²) >= 11 is 0. The maximum absolute atomic E-state index is 12.6. The van der Waals surface area contributed by atoms with Gasteiger partial charge in [-0.1, -0.05) is 164 Å². The van der Waals surface area contributed by atoms with Crippen molar-refractivity contribution in [2.75, 3.05) is 40.8 Å². The Labute approximate surface area is 809 Å². The van der Waals surface area contributed by atoms with Crippen LogP contribution in [-0.2, 0) is 36.8 Å². The predicted molar refractivity (Wildman–Crippen MR) is 548 cm³/mol. The first-order chi connectivity index (χ1) is 69.1. The summed E-state index contributed by atoms with van der Waals surface area (Å²) in [7, 11) is 3.13. The van der Waals surface area contributed by atoms with Crippen LogP contribution >= 0.6 is 0 Å². The molecule has 0 saturated heterocycles. The van der Waals surface area contributed by atoms with Crippen molar-refractivity contribution < 1.29 is 66.2 Å². The fourth-order valence-corrected chi connectivity index (χ4v) is 16.1. The third-order valence-electron chi connectivity index (χ3n) is 23.4. The number of benzene rings is 13. The van der Waals surface area contributed by atoms with Crippen LogP contribution in [0.5, 0.6) is 11.5 Å². The number of pyridine rings is 1. The van der Waals surface area contributed by atoms with Gasteiger partial charge in [0.05, 0.1) is 78.0 Å². The van der Waals surface area contributed by atoms with E-state index in [-0.39, 0.29) is 72.4 Å². The number of aliphatic hydroxyl groups excluding tert-OH is 1. The van der Waals surface area contributed by atoms with Crippen molar-refractivity contribution >= 4 is 163 Å².